The smallest absolute Gasteiger partial charge is 0.408 e. The Labute approximate surface area is 234 Å². The fourth-order valence-electron chi connectivity index (χ4n) is 3.26. The van der Waals surface area contributed by atoms with E-state index in [0.29, 0.717) is 12.8 Å². The normalized spacial score (nSPS) is 12.1. The van der Waals surface area contributed by atoms with Crippen LogP contribution in [0.15, 0.2) is 24.3 Å². The molecule has 0 saturated heterocycles. The van der Waals surface area contributed by atoms with E-state index in [2.05, 4.69) is 33.2 Å². The molecule has 0 aliphatic rings. The number of carbonyl (C=O) groups is 6. The lowest BCUT2D eigenvalue weighted by Crippen LogP contribution is -2.42. The van der Waals surface area contributed by atoms with E-state index in [1.807, 2.05) is 24.3 Å². The van der Waals surface area contributed by atoms with Crippen LogP contribution in [-0.2, 0) is 35.1 Å². The highest BCUT2D eigenvalue weighted by Crippen LogP contribution is 2.09. The van der Waals surface area contributed by atoms with E-state index in [9.17, 15) is 33.9 Å². The number of ether oxygens (including phenoxy) is 1. The summed E-state index contributed by atoms with van der Waals surface area (Å²) < 4.78 is 5.97. The van der Waals surface area contributed by atoms with Gasteiger partial charge in [0.15, 0.2) is 5.78 Å². The molecule has 0 aromatic heterocycles. The highest BCUT2D eigenvalue weighted by Gasteiger charge is 2.25. The number of likely N-dealkylation sites (N-methyl/N-ethyl adjacent to an activating group) is 1. The van der Waals surface area contributed by atoms with Gasteiger partial charge in [0.25, 0.3) is 0 Å². The quantitative estimate of drug-likeness (QED) is 0.146. The SMILES string of the molecule is CC(=O)[C@H](CCC(=O)O)NC(=O)O[C@@H](CCCCNC(=O)CCN(C)C(=O)Cc1ccc([125I])cc1)C(=O)O. The summed E-state index contributed by atoms with van der Waals surface area (Å²) in [5, 5.41) is 22.9. The number of carboxylic acid groups (broad SMARTS) is 2. The average Bonchev–Trinajstić information content (AvgIpc) is 2.84. The van der Waals surface area contributed by atoms with Gasteiger partial charge in [-0.05, 0) is 72.9 Å². The number of halogens is 1. The van der Waals surface area contributed by atoms with Crippen LogP contribution < -0.4 is 10.6 Å². The van der Waals surface area contributed by atoms with Crippen molar-refractivity contribution in [1.82, 2.24) is 15.5 Å². The van der Waals surface area contributed by atoms with Gasteiger partial charge in [-0.25, -0.2) is 9.59 Å². The molecule has 0 fully saturated rings. The van der Waals surface area contributed by atoms with Crippen LogP contribution in [0.2, 0.25) is 0 Å². The van der Waals surface area contributed by atoms with Gasteiger partial charge in [-0.1, -0.05) is 12.1 Å². The number of benzene rings is 1. The van der Waals surface area contributed by atoms with E-state index in [1.165, 1.54) is 11.8 Å². The Morgan fingerprint density at radius 2 is 1.66 bits per heavy atom. The molecule has 38 heavy (non-hydrogen) atoms. The maximum Gasteiger partial charge on any atom is 0.408 e. The molecule has 1 rings (SSSR count). The predicted octanol–water partition coefficient (Wildman–Crippen LogP) is 1.97. The van der Waals surface area contributed by atoms with E-state index < -0.39 is 36.0 Å². The standard InChI is InChI=1S/C25H34IN3O9/c1-16(30)19(10-11-23(33)34)28-25(37)38-20(24(35)36)5-3-4-13-27-21(31)12-14-29(2)22(32)15-17-6-8-18(26)9-7-17/h6-9,19-20H,3-5,10-15H2,1-2H3,(H,27,31)(H,28,37)(H,33,34)(H,35,36)/t19-,20-/m0/s1/i26-2. The first-order chi connectivity index (χ1) is 17.9. The first-order valence-electron chi connectivity index (χ1n) is 12.1. The Morgan fingerprint density at radius 3 is 2.24 bits per heavy atom. The molecule has 3 amide bonds. The van der Waals surface area contributed by atoms with Crippen molar-refractivity contribution in [3.05, 3.63) is 33.4 Å². The van der Waals surface area contributed by atoms with Gasteiger partial charge in [-0.15, -0.1) is 0 Å². The zero-order chi connectivity index (χ0) is 28.7. The number of nitrogens with zero attached hydrogens (tertiary/aromatic N) is 1. The number of rotatable bonds is 17. The fourth-order valence-corrected chi connectivity index (χ4v) is 3.62. The number of carboxylic acids is 2. The van der Waals surface area contributed by atoms with Crippen molar-refractivity contribution >= 4 is 58.2 Å². The summed E-state index contributed by atoms with van der Waals surface area (Å²) in [5.41, 5.74) is 0.893. The lowest BCUT2D eigenvalue weighted by molar-refractivity contribution is -0.147. The van der Waals surface area contributed by atoms with Crippen molar-refractivity contribution in [3.8, 4) is 0 Å². The van der Waals surface area contributed by atoms with Gasteiger partial charge in [-0.3, -0.25) is 19.2 Å². The van der Waals surface area contributed by atoms with E-state index in [1.54, 1.807) is 7.05 Å². The number of carbonyl (C=O) groups excluding carboxylic acids is 4. The van der Waals surface area contributed by atoms with E-state index in [4.69, 9.17) is 9.84 Å². The summed E-state index contributed by atoms with van der Waals surface area (Å²) in [6, 6.07) is 6.52. The number of ketones is 1. The summed E-state index contributed by atoms with van der Waals surface area (Å²) in [5.74, 6) is -3.33. The third-order valence-corrected chi connectivity index (χ3v) is 6.26. The molecule has 1 aromatic carbocycles. The molecule has 0 spiro atoms. The molecule has 210 valence electrons. The minimum absolute atomic E-state index is 0.0196. The first kappa shape index (κ1) is 32.8. The summed E-state index contributed by atoms with van der Waals surface area (Å²) in [4.78, 5) is 71.6. The molecule has 0 heterocycles. The second kappa shape index (κ2) is 17.3. The van der Waals surface area contributed by atoms with Crippen molar-refractivity contribution in [2.45, 2.75) is 64.0 Å². The Balaban J connectivity index is 2.31. The van der Waals surface area contributed by atoms with Gasteiger partial charge in [0.05, 0.1) is 12.5 Å². The monoisotopic (exact) mass is 645 g/mol. The summed E-state index contributed by atoms with van der Waals surface area (Å²) in [6.07, 6.45) is -1.99. The Morgan fingerprint density at radius 1 is 1.00 bits per heavy atom. The van der Waals surface area contributed by atoms with Gasteiger partial charge >= 0.3 is 18.0 Å². The van der Waals surface area contributed by atoms with Crippen molar-refractivity contribution in [2.75, 3.05) is 20.1 Å². The molecule has 0 saturated carbocycles. The lowest BCUT2D eigenvalue weighted by atomic mass is 10.1. The fraction of sp³-hybridized carbons (Fsp3) is 0.520. The predicted molar refractivity (Wildman–Crippen MR) is 144 cm³/mol. The molecule has 0 radical (unpaired) electrons. The van der Waals surface area contributed by atoms with Crippen molar-refractivity contribution in [1.29, 1.82) is 0 Å². The minimum atomic E-state index is -1.47. The second-order valence-corrected chi connectivity index (χ2v) is 9.93. The second-order valence-electron chi connectivity index (χ2n) is 8.69. The molecule has 1 aromatic rings. The number of hydrogen-bond acceptors (Lipinski definition) is 7. The zero-order valence-corrected chi connectivity index (χ0v) is 23.6. The molecule has 0 bridgehead atoms. The Kier molecular flexibility index (Phi) is 14.9. The molecule has 12 nitrogen and oxygen atoms in total. The van der Waals surface area contributed by atoms with Crippen LogP contribution in [-0.4, -0.2) is 83.0 Å². The third-order valence-electron chi connectivity index (χ3n) is 5.54. The van der Waals surface area contributed by atoms with Gasteiger partial charge in [0.1, 0.15) is 0 Å². The van der Waals surface area contributed by atoms with E-state index >= 15 is 0 Å². The Hall–Kier alpha value is -3.23. The van der Waals surface area contributed by atoms with Crippen molar-refractivity contribution in [3.63, 3.8) is 0 Å². The molecular formula is C25H34IN3O9. The van der Waals surface area contributed by atoms with Gasteiger partial charge in [0, 0.05) is 36.5 Å². The Bertz CT molecular complexity index is 985. The van der Waals surface area contributed by atoms with Crippen LogP contribution in [0.25, 0.3) is 0 Å². The summed E-state index contributed by atoms with van der Waals surface area (Å²) in [7, 11) is 1.63. The average molecular weight is 645 g/mol. The molecule has 0 aliphatic heterocycles. The maximum atomic E-state index is 12.3. The van der Waals surface area contributed by atoms with Crippen LogP contribution >= 0.6 is 22.6 Å². The number of Topliss-reactive ketones (excluding diaryl/α,β-unsaturated/α-hetero) is 1. The highest BCUT2D eigenvalue weighted by molar-refractivity contribution is 14.1. The molecule has 4 N–H and O–H groups in total. The van der Waals surface area contributed by atoms with Gasteiger partial charge in [-0.2, -0.15) is 0 Å². The van der Waals surface area contributed by atoms with Crippen LogP contribution in [0.5, 0.6) is 0 Å². The first-order valence-corrected chi connectivity index (χ1v) is 13.1. The van der Waals surface area contributed by atoms with E-state index in [0.717, 1.165) is 9.13 Å². The van der Waals surface area contributed by atoms with E-state index in [-0.39, 0.29) is 57.0 Å². The summed E-state index contributed by atoms with van der Waals surface area (Å²) >= 11 is 2.19. The molecule has 13 heteroatoms. The third kappa shape index (κ3) is 13.9. The number of nitrogens with one attached hydrogen (secondary N) is 2. The topological polar surface area (TPSA) is 179 Å². The molecule has 0 unspecified atom stereocenters. The zero-order valence-electron chi connectivity index (χ0n) is 21.4. The summed E-state index contributed by atoms with van der Waals surface area (Å²) in [6.45, 7) is 1.71. The van der Waals surface area contributed by atoms with Crippen molar-refractivity contribution in [2.24, 2.45) is 0 Å². The largest absolute Gasteiger partial charge is 0.481 e. The van der Waals surface area contributed by atoms with Gasteiger partial charge < -0.3 is 30.5 Å². The number of alkyl carbamates (subject to hydrolysis) is 1. The molecular weight excluding hydrogens is 611 g/mol. The van der Waals surface area contributed by atoms with Crippen LogP contribution in [0, 0.1) is 3.57 Å². The van der Waals surface area contributed by atoms with Gasteiger partial charge in [0.2, 0.25) is 17.9 Å². The number of unbranched alkanes of at least 4 members (excludes halogenated alkanes) is 1. The maximum absolute atomic E-state index is 12.3. The number of hydrogen-bond donors (Lipinski definition) is 4. The molecule has 2 atom stereocenters. The highest BCUT2D eigenvalue weighted by atomic mass is 125. The number of amides is 3. The van der Waals surface area contributed by atoms with Crippen LogP contribution in [0.3, 0.4) is 0 Å². The lowest BCUT2D eigenvalue weighted by Gasteiger charge is -2.18. The molecule has 0 aliphatic carbocycles. The van der Waals surface area contributed by atoms with Crippen molar-refractivity contribution < 1.29 is 43.7 Å². The number of aliphatic carboxylic acids is 2. The van der Waals surface area contributed by atoms with Crippen LogP contribution in [0.1, 0.15) is 51.0 Å². The minimum Gasteiger partial charge on any atom is -0.481 e. The van der Waals surface area contributed by atoms with Crippen LogP contribution in [0.4, 0.5) is 4.79 Å².